The third kappa shape index (κ3) is 13.3. The normalized spacial score (nSPS) is 12.7. The summed E-state index contributed by atoms with van der Waals surface area (Å²) < 4.78 is 7.26. The highest BCUT2D eigenvalue weighted by molar-refractivity contribution is 14.0. The summed E-state index contributed by atoms with van der Waals surface area (Å²) >= 11 is 0. The van der Waals surface area contributed by atoms with E-state index in [-0.39, 0.29) is 30.0 Å². The molecule has 0 spiro atoms. The van der Waals surface area contributed by atoms with Gasteiger partial charge in [-0.05, 0) is 46.1 Å². The molecule has 168 valence electrons. The van der Waals surface area contributed by atoms with Gasteiger partial charge in [0, 0.05) is 38.9 Å². The molecule has 1 amide bonds. The Labute approximate surface area is 192 Å². The average molecular weight is 522 g/mol. The van der Waals surface area contributed by atoms with Crippen LogP contribution >= 0.6 is 24.0 Å². The zero-order valence-corrected chi connectivity index (χ0v) is 21.1. The van der Waals surface area contributed by atoms with Crippen molar-refractivity contribution < 1.29 is 9.53 Å². The lowest BCUT2D eigenvalue weighted by Gasteiger charge is -2.24. The molecule has 0 aliphatic rings. The zero-order valence-electron chi connectivity index (χ0n) is 18.7. The highest BCUT2D eigenvalue weighted by Gasteiger charge is 2.18. The molecular weight excluding hydrogens is 483 g/mol. The second-order valence-electron chi connectivity index (χ2n) is 8.00. The van der Waals surface area contributed by atoms with Gasteiger partial charge < -0.3 is 20.7 Å². The quantitative estimate of drug-likeness (QED) is 0.190. The van der Waals surface area contributed by atoms with Crippen LogP contribution in [0.3, 0.4) is 0 Å². The number of aliphatic imine (C=N–C) groups is 1. The van der Waals surface area contributed by atoms with Crippen molar-refractivity contribution in [2.45, 2.75) is 78.5 Å². The molecule has 0 aromatic carbocycles. The van der Waals surface area contributed by atoms with E-state index >= 15 is 0 Å². The Morgan fingerprint density at radius 1 is 1.31 bits per heavy atom. The first-order chi connectivity index (χ1) is 13.2. The van der Waals surface area contributed by atoms with Crippen molar-refractivity contribution in [2.24, 2.45) is 4.99 Å². The van der Waals surface area contributed by atoms with E-state index in [2.05, 4.69) is 33.0 Å². The van der Waals surface area contributed by atoms with Gasteiger partial charge in [0.05, 0.1) is 6.20 Å². The van der Waals surface area contributed by atoms with Crippen molar-refractivity contribution in [3.63, 3.8) is 0 Å². The lowest BCUT2D eigenvalue weighted by molar-refractivity contribution is 0.0523. The van der Waals surface area contributed by atoms with Crippen molar-refractivity contribution in [3.05, 3.63) is 18.0 Å². The zero-order chi connectivity index (χ0) is 21.0. The summed E-state index contributed by atoms with van der Waals surface area (Å²) in [6, 6.07) is 0.0902. The van der Waals surface area contributed by atoms with Gasteiger partial charge in [-0.1, -0.05) is 19.8 Å². The molecule has 1 aromatic heterocycles. The minimum absolute atomic E-state index is 0. The highest BCUT2D eigenvalue weighted by Crippen LogP contribution is 2.07. The third-order valence-electron chi connectivity index (χ3n) is 3.98. The Hall–Kier alpha value is -1.52. The van der Waals surface area contributed by atoms with Crippen molar-refractivity contribution in [1.29, 1.82) is 0 Å². The maximum Gasteiger partial charge on any atom is 0.407 e. The summed E-state index contributed by atoms with van der Waals surface area (Å²) in [6.07, 6.45) is 7.56. The second-order valence-corrected chi connectivity index (χ2v) is 8.00. The fourth-order valence-corrected chi connectivity index (χ4v) is 2.62. The van der Waals surface area contributed by atoms with Crippen LogP contribution in [0.2, 0.25) is 0 Å². The number of hydrogen-bond acceptors (Lipinski definition) is 4. The molecule has 1 rings (SSSR count). The Balaban J connectivity index is 0.00000784. The first-order valence-electron chi connectivity index (χ1n) is 10.2. The molecule has 1 atom stereocenters. The molecule has 0 aliphatic carbocycles. The fraction of sp³-hybridized carbons (Fsp3) is 0.750. The molecule has 1 heterocycles. The van der Waals surface area contributed by atoms with Crippen LogP contribution in [0.4, 0.5) is 4.79 Å². The van der Waals surface area contributed by atoms with E-state index in [0.717, 1.165) is 44.7 Å². The number of nitrogens with zero attached hydrogens (tertiary/aromatic N) is 3. The third-order valence-corrected chi connectivity index (χ3v) is 3.98. The number of amides is 1. The van der Waals surface area contributed by atoms with Crippen LogP contribution in [0.25, 0.3) is 0 Å². The monoisotopic (exact) mass is 522 g/mol. The highest BCUT2D eigenvalue weighted by atomic mass is 127. The predicted octanol–water partition coefficient (Wildman–Crippen LogP) is 3.45. The molecule has 9 heteroatoms. The number of unbranched alkanes of at least 4 members (excludes halogenated alkanes) is 1. The number of halogens is 1. The Morgan fingerprint density at radius 3 is 2.59 bits per heavy atom. The van der Waals surface area contributed by atoms with E-state index < -0.39 is 11.7 Å². The van der Waals surface area contributed by atoms with Gasteiger partial charge in [-0.25, -0.2) is 4.79 Å². The summed E-state index contributed by atoms with van der Waals surface area (Å²) in [5.41, 5.74) is 0.669. The standard InChI is InChI=1S/C20H38N6O2.HI/c1-7-8-10-17(14-23-19(27)28-20(3,4)5)25-18(21-6)22-11-9-12-26-15-16(2)13-24-26;/h13,15,17H,7-12,14H2,1-6H3,(H,23,27)(H2,21,22,25);1H. The smallest absolute Gasteiger partial charge is 0.407 e. The molecule has 0 fully saturated rings. The van der Waals surface area contributed by atoms with E-state index in [1.165, 1.54) is 5.56 Å². The molecule has 0 aliphatic heterocycles. The SMILES string of the molecule is CCCCC(CNC(=O)OC(C)(C)C)NC(=NC)NCCCn1cc(C)cn1.I. The van der Waals surface area contributed by atoms with Crippen molar-refractivity contribution in [2.75, 3.05) is 20.1 Å². The number of hydrogen-bond donors (Lipinski definition) is 3. The predicted molar refractivity (Wildman–Crippen MR) is 129 cm³/mol. The molecular formula is C20H39IN6O2. The largest absolute Gasteiger partial charge is 0.444 e. The van der Waals surface area contributed by atoms with Crippen LogP contribution in [0, 0.1) is 6.92 Å². The van der Waals surface area contributed by atoms with Crippen LogP contribution in [0.15, 0.2) is 17.4 Å². The van der Waals surface area contributed by atoms with Crippen LogP contribution in [0.1, 0.15) is 58.9 Å². The van der Waals surface area contributed by atoms with Gasteiger partial charge in [0.25, 0.3) is 0 Å². The lowest BCUT2D eigenvalue weighted by Crippen LogP contribution is -2.49. The van der Waals surface area contributed by atoms with Gasteiger partial charge in [-0.2, -0.15) is 5.10 Å². The maximum atomic E-state index is 11.9. The summed E-state index contributed by atoms with van der Waals surface area (Å²) in [5, 5.41) is 13.9. The number of nitrogens with one attached hydrogen (secondary N) is 3. The molecule has 3 N–H and O–H groups in total. The number of guanidine groups is 1. The Kier molecular flexibility index (Phi) is 13.7. The molecule has 1 aromatic rings. The number of carbonyl (C=O) groups is 1. The van der Waals surface area contributed by atoms with E-state index in [1.54, 1.807) is 7.05 Å². The maximum absolute atomic E-state index is 11.9. The molecule has 1 unspecified atom stereocenters. The summed E-state index contributed by atoms with van der Waals surface area (Å²) in [7, 11) is 1.75. The number of aromatic nitrogens is 2. The Morgan fingerprint density at radius 2 is 2.03 bits per heavy atom. The van der Waals surface area contributed by atoms with Gasteiger partial charge in [-0.3, -0.25) is 9.67 Å². The fourth-order valence-electron chi connectivity index (χ4n) is 2.62. The van der Waals surface area contributed by atoms with Crippen molar-refractivity contribution in [1.82, 2.24) is 25.7 Å². The van der Waals surface area contributed by atoms with Crippen LogP contribution in [0.5, 0.6) is 0 Å². The van der Waals surface area contributed by atoms with Crippen LogP contribution < -0.4 is 16.0 Å². The second kappa shape index (κ2) is 14.5. The van der Waals surface area contributed by atoms with Crippen LogP contribution in [-0.4, -0.2) is 53.6 Å². The minimum atomic E-state index is -0.499. The van der Waals surface area contributed by atoms with Crippen LogP contribution in [-0.2, 0) is 11.3 Å². The topological polar surface area (TPSA) is 92.6 Å². The molecule has 8 nitrogen and oxygen atoms in total. The molecule has 0 radical (unpaired) electrons. The van der Waals surface area contributed by atoms with E-state index in [0.29, 0.717) is 6.54 Å². The number of ether oxygens (including phenoxy) is 1. The van der Waals surface area contributed by atoms with Gasteiger partial charge in [-0.15, -0.1) is 24.0 Å². The molecule has 0 saturated heterocycles. The minimum Gasteiger partial charge on any atom is -0.444 e. The first-order valence-corrected chi connectivity index (χ1v) is 10.2. The van der Waals surface area contributed by atoms with Gasteiger partial charge in [0.2, 0.25) is 0 Å². The Bertz CT molecular complexity index is 612. The summed E-state index contributed by atoms with van der Waals surface area (Å²) in [5.74, 6) is 0.740. The molecule has 29 heavy (non-hydrogen) atoms. The van der Waals surface area contributed by atoms with E-state index in [4.69, 9.17) is 4.74 Å². The number of alkyl carbamates (subject to hydrolysis) is 1. The lowest BCUT2D eigenvalue weighted by atomic mass is 10.1. The first kappa shape index (κ1) is 27.5. The molecule has 0 saturated carbocycles. The van der Waals surface area contributed by atoms with E-state index in [1.807, 2.05) is 44.8 Å². The van der Waals surface area contributed by atoms with Crippen molar-refractivity contribution >= 4 is 36.0 Å². The number of rotatable bonds is 10. The number of aryl methyl sites for hydroxylation is 2. The van der Waals surface area contributed by atoms with Crippen molar-refractivity contribution in [3.8, 4) is 0 Å². The van der Waals surface area contributed by atoms with Gasteiger partial charge in [0.1, 0.15) is 5.60 Å². The summed E-state index contributed by atoms with van der Waals surface area (Å²) in [6.45, 7) is 11.9. The molecule has 0 bridgehead atoms. The van der Waals surface area contributed by atoms with Gasteiger partial charge >= 0.3 is 6.09 Å². The number of carbonyl (C=O) groups excluding carboxylic acids is 1. The van der Waals surface area contributed by atoms with E-state index in [9.17, 15) is 4.79 Å². The van der Waals surface area contributed by atoms with Gasteiger partial charge in [0.15, 0.2) is 5.96 Å². The summed E-state index contributed by atoms with van der Waals surface area (Å²) in [4.78, 5) is 16.2. The average Bonchev–Trinajstić information content (AvgIpc) is 3.03.